The molecular formula is C7H7ClN2O4S. The average Bonchev–Trinajstić information content (AvgIpc) is 2.00. The van der Waals surface area contributed by atoms with Crippen LogP contribution in [0.1, 0.15) is 5.56 Å². The predicted molar refractivity (Wildman–Crippen MR) is 54.2 cm³/mol. The summed E-state index contributed by atoms with van der Waals surface area (Å²) >= 11 is 5.59. The lowest BCUT2D eigenvalue weighted by Crippen LogP contribution is -2.14. The number of nitrogens with two attached hydrogens (primary N) is 1. The lowest BCUT2D eigenvalue weighted by molar-refractivity contribution is -0.384. The third kappa shape index (κ3) is 2.25. The Morgan fingerprint density at radius 3 is 2.40 bits per heavy atom. The summed E-state index contributed by atoms with van der Waals surface area (Å²) < 4.78 is 22.2. The fraction of sp³-hybridized carbons (Fsp3) is 0.143. The van der Waals surface area contributed by atoms with Gasteiger partial charge >= 0.3 is 0 Å². The van der Waals surface area contributed by atoms with Gasteiger partial charge in [0.1, 0.15) is 9.92 Å². The molecule has 82 valence electrons. The maximum atomic E-state index is 11.1. The zero-order valence-electron chi connectivity index (χ0n) is 7.60. The number of aryl methyl sites for hydroxylation is 1. The Bertz CT molecular complexity index is 526. The number of rotatable bonds is 2. The van der Waals surface area contributed by atoms with Gasteiger partial charge in [-0.2, -0.15) is 0 Å². The summed E-state index contributed by atoms with van der Waals surface area (Å²) in [5, 5.41) is 14.9. The third-order valence-corrected chi connectivity index (χ3v) is 3.34. The molecule has 0 radical (unpaired) electrons. The summed E-state index contributed by atoms with van der Waals surface area (Å²) in [6.45, 7) is 1.45. The number of nitro groups is 1. The Hall–Kier alpha value is -1.18. The summed E-state index contributed by atoms with van der Waals surface area (Å²) in [4.78, 5) is 9.33. The van der Waals surface area contributed by atoms with E-state index in [1.165, 1.54) is 13.0 Å². The standard InChI is InChI=1S/C7H7ClN2O4S/c1-4-2-3-5(10(11)12)6(8)7(4)15(9,13)14/h2-3H,1H3,(H2,9,13,14). The number of hydrogen-bond acceptors (Lipinski definition) is 4. The maximum absolute atomic E-state index is 11.1. The van der Waals surface area contributed by atoms with Crippen LogP contribution in [0.2, 0.25) is 5.02 Å². The van der Waals surface area contributed by atoms with Gasteiger partial charge in [0.05, 0.1) is 4.92 Å². The first-order valence-corrected chi connectivity index (χ1v) is 5.64. The number of primary sulfonamides is 1. The molecule has 15 heavy (non-hydrogen) atoms. The lowest BCUT2D eigenvalue weighted by atomic mass is 10.2. The summed E-state index contributed by atoms with van der Waals surface area (Å²) in [6, 6.07) is 2.41. The highest BCUT2D eigenvalue weighted by Crippen LogP contribution is 2.32. The van der Waals surface area contributed by atoms with Crippen molar-refractivity contribution in [3.05, 3.63) is 32.8 Å². The number of hydrogen-bond donors (Lipinski definition) is 1. The number of nitro benzene ring substituents is 1. The van der Waals surface area contributed by atoms with E-state index in [0.717, 1.165) is 6.07 Å². The molecule has 1 aromatic carbocycles. The van der Waals surface area contributed by atoms with Gasteiger partial charge in [0.25, 0.3) is 5.69 Å². The van der Waals surface area contributed by atoms with Crippen molar-refractivity contribution in [1.82, 2.24) is 0 Å². The van der Waals surface area contributed by atoms with E-state index < -0.39 is 30.6 Å². The van der Waals surface area contributed by atoms with Crippen molar-refractivity contribution < 1.29 is 13.3 Å². The van der Waals surface area contributed by atoms with Gasteiger partial charge in [-0.15, -0.1) is 0 Å². The molecule has 6 nitrogen and oxygen atoms in total. The van der Waals surface area contributed by atoms with Crippen molar-refractivity contribution in [3.63, 3.8) is 0 Å². The van der Waals surface area contributed by atoms with Crippen LogP contribution in [-0.4, -0.2) is 13.3 Å². The van der Waals surface area contributed by atoms with E-state index in [0.29, 0.717) is 0 Å². The van der Waals surface area contributed by atoms with Crippen molar-refractivity contribution in [1.29, 1.82) is 0 Å². The number of sulfonamides is 1. The molecule has 0 saturated carbocycles. The molecule has 0 aliphatic rings. The first kappa shape index (κ1) is 11.9. The van der Waals surface area contributed by atoms with Gasteiger partial charge in [-0.1, -0.05) is 17.7 Å². The first-order chi connectivity index (χ1) is 6.75. The molecule has 0 spiro atoms. The molecule has 1 rings (SSSR count). The topological polar surface area (TPSA) is 103 Å². The van der Waals surface area contributed by atoms with E-state index in [1.807, 2.05) is 0 Å². The van der Waals surface area contributed by atoms with Crippen LogP contribution in [0.3, 0.4) is 0 Å². The van der Waals surface area contributed by atoms with Crippen molar-refractivity contribution in [3.8, 4) is 0 Å². The summed E-state index contributed by atoms with van der Waals surface area (Å²) in [7, 11) is -4.06. The molecule has 1 aromatic rings. The van der Waals surface area contributed by atoms with Gasteiger partial charge in [-0.3, -0.25) is 10.1 Å². The molecule has 0 fully saturated rings. The monoisotopic (exact) mass is 250 g/mol. The summed E-state index contributed by atoms with van der Waals surface area (Å²) in [5.41, 5.74) is -0.209. The van der Waals surface area contributed by atoms with E-state index in [2.05, 4.69) is 0 Å². The molecule has 0 aromatic heterocycles. The van der Waals surface area contributed by atoms with Crippen molar-refractivity contribution in [2.75, 3.05) is 0 Å². The van der Waals surface area contributed by atoms with Crippen LogP contribution in [0, 0.1) is 17.0 Å². The van der Waals surface area contributed by atoms with Crippen molar-refractivity contribution in [2.45, 2.75) is 11.8 Å². The molecule has 0 amide bonds. The molecule has 0 aliphatic heterocycles. The van der Waals surface area contributed by atoms with Crippen LogP contribution in [0.25, 0.3) is 0 Å². The number of nitrogens with zero attached hydrogens (tertiary/aromatic N) is 1. The number of halogens is 1. The Balaban J connectivity index is 3.66. The highest BCUT2D eigenvalue weighted by atomic mass is 35.5. The van der Waals surface area contributed by atoms with Gasteiger partial charge < -0.3 is 0 Å². The Kier molecular flexibility index (Phi) is 2.98. The van der Waals surface area contributed by atoms with Crippen LogP contribution in [0.4, 0.5) is 5.69 Å². The zero-order chi connectivity index (χ0) is 11.8. The smallest absolute Gasteiger partial charge is 0.258 e. The Labute approximate surface area is 90.9 Å². The van der Waals surface area contributed by atoms with E-state index >= 15 is 0 Å². The van der Waals surface area contributed by atoms with E-state index in [-0.39, 0.29) is 5.56 Å². The van der Waals surface area contributed by atoms with Crippen LogP contribution in [0.15, 0.2) is 17.0 Å². The molecule has 0 unspecified atom stereocenters. The second-order valence-corrected chi connectivity index (χ2v) is 4.72. The van der Waals surface area contributed by atoms with Gasteiger partial charge in [-0.05, 0) is 12.5 Å². The van der Waals surface area contributed by atoms with Gasteiger partial charge in [0.2, 0.25) is 10.0 Å². The molecule has 0 aliphatic carbocycles. The first-order valence-electron chi connectivity index (χ1n) is 3.71. The fourth-order valence-electron chi connectivity index (χ4n) is 1.13. The van der Waals surface area contributed by atoms with Crippen molar-refractivity contribution in [2.24, 2.45) is 5.14 Å². The van der Waals surface area contributed by atoms with E-state index in [4.69, 9.17) is 16.7 Å². The maximum Gasteiger partial charge on any atom is 0.289 e. The second kappa shape index (κ2) is 3.76. The number of benzene rings is 1. The van der Waals surface area contributed by atoms with E-state index in [1.54, 1.807) is 0 Å². The van der Waals surface area contributed by atoms with Gasteiger partial charge in [0, 0.05) is 6.07 Å². The second-order valence-electron chi connectivity index (χ2n) is 2.85. The summed E-state index contributed by atoms with van der Waals surface area (Å²) in [6.07, 6.45) is 0. The van der Waals surface area contributed by atoms with Crippen LogP contribution >= 0.6 is 11.6 Å². The predicted octanol–water partition coefficient (Wildman–Crippen LogP) is 1.20. The quantitative estimate of drug-likeness (QED) is 0.629. The molecular weight excluding hydrogens is 244 g/mol. The largest absolute Gasteiger partial charge is 0.289 e. The van der Waals surface area contributed by atoms with Crippen LogP contribution < -0.4 is 5.14 Å². The van der Waals surface area contributed by atoms with E-state index in [9.17, 15) is 18.5 Å². The minimum absolute atomic E-state index is 0.271. The van der Waals surface area contributed by atoms with Crippen LogP contribution in [0.5, 0.6) is 0 Å². The minimum Gasteiger partial charge on any atom is -0.258 e. The van der Waals surface area contributed by atoms with Crippen LogP contribution in [-0.2, 0) is 10.0 Å². The normalized spacial score (nSPS) is 11.4. The van der Waals surface area contributed by atoms with Crippen molar-refractivity contribution >= 4 is 27.3 Å². The Morgan fingerprint density at radius 1 is 1.47 bits per heavy atom. The van der Waals surface area contributed by atoms with Gasteiger partial charge in [-0.25, -0.2) is 13.6 Å². The Morgan fingerprint density at radius 2 is 2.00 bits per heavy atom. The highest BCUT2D eigenvalue weighted by Gasteiger charge is 2.24. The molecule has 0 bridgehead atoms. The van der Waals surface area contributed by atoms with Gasteiger partial charge in [0.15, 0.2) is 0 Å². The minimum atomic E-state index is -4.06. The average molecular weight is 251 g/mol. The molecule has 0 atom stereocenters. The third-order valence-electron chi connectivity index (χ3n) is 1.75. The molecule has 8 heteroatoms. The zero-order valence-corrected chi connectivity index (χ0v) is 9.17. The molecule has 0 heterocycles. The molecule has 0 saturated heterocycles. The fourth-order valence-corrected chi connectivity index (χ4v) is 2.61. The summed E-state index contributed by atoms with van der Waals surface area (Å²) in [5.74, 6) is 0. The highest BCUT2D eigenvalue weighted by molar-refractivity contribution is 7.89. The lowest BCUT2D eigenvalue weighted by Gasteiger charge is -2.05. The SMILES string of the molecule is Cc1ccc([N+](=O)[O-])c(Cl)c1S(N)(=O)=O. The molecule has 2 N–H and O–H groups in total.